The molecule has 0 unspecified atom stereocenters. The van der Waals surface area contributed by atoms with Gasteiger partial charge in [-0.15, -0.1) is 0 Å². The van der Waals surface area contributed by atoms with E-state index < -0.39 is 11.9 Å². The van der Waals surface area contributed by atoms with Crippen LogP contribution >= 0.6 is 0 Å². The van der Waals surface area contributed by atoms with Crippen LogP contribution in [0.15, 0.2) is 12.1 Å². The van der Waals surface area contributed by atoms with Gasteiger partial charge in [-0.1, -0.05) is 0 Å². The lowest BCUT2D eigenvalue weighted by Gasteiger charge is -2.31. The number of carboxylic acid groups (broad SMARTS) is 1. The lowest BCUT2D eigenvalue weighted by atomic mass is 9.97. The molecule has 1 N–H and O–H groups in total. The molecule has 7 nitrogen and oxygen atoms in total. The molecular weight excluding hydrogens is 302 g/mol. The van der Waals surface area contributed by atoms with Crippen LogP contribution in [0.3, 0.4) is 0 Å². The van der Waals surface area contributed by atoms with E-state index in [1.807, 2.05) is 0 Å². The summed E-state index contributed by atoms with van der Waals surface area (Å²) in [6.07, 6.45) is 1.25. The summed E-state index contributed by atoms with van der Waals surface area (Å²) in [7, 11) is 4.45. The number of carbonyl (C=O) groups is 2. The number of rotatable bonds is 5. The van der Waals surface area contributed by atoms with Gasteiger partial charge in [0.15, 0.2) is 11.5 Å². The molecule has 0 spiro atoms. The average molecular weight is 323 g/mol. The zero-order chi connectivity index (χ0) is 17.0. The number of carbonyl (C=O) groups excluding carboxylic acids is 1. The van der Waals surface area contributed by atoms with Crippen LogP contribution in [0.5, 0.6) is 17.2 Å². The molecule has 1 atom stereocenters. The van der Waals surface area contributed by atoms with Crippen LogP contribution in [0.4, 0.5) is 0 Å². The fraction of sp³-hybridized carbons (Fsp3) is 0.500. The van der Waals surface area contributed by atoms with Crippen molar-refractivity contribution in [1.82, 2.24) is 4.90 Å². The number of piperidine rings is 1. The molecule has 2 rings (SSSR count). The molecule has 0 saturated carbocycles. The number of carboxylic acids is 1. The maximum atomic E-state index is 12.8. The Morgan fingerprint density at radius 1 is 1.09 bits per heavy atom. The van der Waals surface area contributed by atoms with E-state index >= 15 is 0 Å². The zero-order valence-corrected chi connectivity index (χ0v) is 13.5. The molecule has 1 saturated heterocycles. The summed E-state index contributed by atoms with van der Waals surface area (Å²) in [6.45, 7) is 0.728. The minimum atomic E-state index is -0.873. The quantitative estimate of drug-likeness (QED) is 0.887. The first-order valence-electron chi connectivity index (χ1n) is 7.33. The minimum absolute atomic E-state index is 0.200. The maximum absolute atomic E-state index is 12.8. The van der Waals surface area contributed by atoms with Gasteiger partial charge in [0, 0.05) is 25.2 Å². The third-order valence-electron chi connectivity index (χ3n) is 3.99. The van der Waals surface area contributed by atoms with Crippen molar-refractivity contribution in [2.75, 3.05) is 34.4 Å². The zero-order valence-electron chi connectivity index (χ0n) is 13.5. The first-order chi connectivity index (χ1) is 11.0. The second-order valence-corrected chi connectivity index (χ2v) is 5.34. The maximum Gasteiger partial charge on any atom is 0.308 e. The first-order valence-corrected chi connectivity index (χ1v) is 7.33. The Bertz CT molecular complexity index is 600. The van der Waals surface area contributed by atoms with Crippen LogP contribution in [0.2, 0.25) is 0 Å². The molecule has 1 amide bonds. The van der Waals surface area contributed by atoms with Gasteiger partial charge >= 0.3 is 5.97 Å². The first kappa shape index (κ1) is 16.9. The third-order valence-corrected chi connectivity index (χ3v) is 3.99. The van der Waals surface area contributed by atoms with Gasteiger partial charge in [0.05, 0.1) is 32.8 Å². The highest BCUT2D eigenvalue weighted by molar-refractivity contribution is 5.98. The van der Waals surface area contributed by atoms with Gasteiger partial charge in [-0.3, -0.25) is 9.59 Å². The summed E-state index contributed by atoms with van der Waals surface area (Å²) in [4.78, 5) is 25.5. The van der Waals surface area contributed by atoms with Crippen molar-refractivity contribution in [2.24, 2.45) is 5.92 Å². The van der Waals surface area contributed by atoms with E-state index in [4.69, 9.17) is 19.3 Å². The van der Waals surface area contributed by atoms with Crippen molar-refractivity contribution < 1.29 is 28.9 Å². The Kier molecular flexibility index (Phi) is 5.31. The number of amides is 1. The summed E-state index contributed by atoms with van der Waals surface area (Å²) >= 11 is 0. The van der Waals surface area contributed by atoms with E-state index in [0.29, 0.717) is 42.2 Å². The van der Waals surface area contributed by atoms with Crippen molar-refractivity contribution in [3.8, 4) is 17.2 Å². The van der Waals surface area contributed by atoms with E-state index in [1.165, 1.54) is 21.3 Å². The molecule has 0 radical (unpaired) electrons. The van der Waals surface area contributed by atoms with Crippen molar-refractivity contribution in [1.29, 1.82) is 0 Å². The van der Waals surface area contributed by atoms with E-state index in [2.05, 4.69) is 0 Å². The van der Waals surface area contributed by atoms with Gasteiger partial charge < -0.3 is 24.2 Å². The summed E-state index contributed by atoms with van der Waals surface area (Å²) in [6, 6.07) is 3.15. The number of hydrogen-bond donors (Lipinski definition) is 1. The Hall–Kier alpha value is -2.44. The number of hydrogen-bond acceptors (Lipinski definition) is 5. The predicted molar refractivity (Wildman–Crippen MR) is 82.4 cm³/mol. The highest BCUT2D eigenvalue weighted by Crippen LogP contribution is 2.35. The average Bonchev–Trinajstić information content (AvgIpc) is 2.59. The summed E-state index contributed by atoms with van der Waals surface area (Å²) in [5, 5.41) is 9.16. The minimum Gasteiger partial charge on any atom is -0.496 e. The molecule has 126 valence electrons. The topological polar surface area (TPSA) is 85.3 Å². The SMILES string of the molecule is COc1cc(OC)c(C(=O)N2CCC[C@H](C(=O)O)C2)cc1OC. The molecule has 0 aliphatic carbocycles. The molecule has 1 aliphatic heterocycles. The van der Waals surface area contributed by atoms with Gasteiger partial charge in [0.2, 0.25) is 0 Å². The number of benzene rings is 1. The van der Waals surface area contributed by atoms with Crippen LogP contribution in [0.1, 0.15) is 23.2 Å². The molecular formula is C16H21NO6. The van der Waals surface area contributed by atoms with Crippen molar-refractivity contribution in [3.63, 3.8) is 0 Å². The van der Waals surface area contributed by atoms with Crippen molar-refractivity contribution in [3.05, 3.63) is 17.7 Å². The Balaban J connectivity index is 2.32. The highest BCUT2D eigenvalue weighted by Gasteiger charge is 2.30. The Labute approximate surface area is 134 Å². The number of ether oxygens (including phenoxy) is 3. The molecule has 23 heavy (non-hydrogen) atoms. The van der Waals surface area contributed by atoms with Gasteiger partial charge in [-0.2, -0.15) is 0 Å². The number of methoxy groups -OCH3 is 3. The number of nitrogens with zero attached hydrogens (tertiary/aromatic N) is 1. The van der Waals surface area contributed by atoms with E-state index in [-0.39, 0.29) is 12.5 Å². The van der Waals surface area contributed by atoms with Crippen LogP contribution in [-0.4, -0.2) is 56.3 Å². The second-order valence-electron chi connectivity index (χ2n) is 5.34. The number of likely N-dealkylation sites (tertiary alicyclic amines) is 1. The molecule has 0 bridgehead atoms. The standard InChI is InChI=1S/C16H21NO6/c1-21-12-8-14(23-3)13(22-2)7-11(12)15(18)17-6-4-5-10(9-17)16(19)20/h7-8,10H,4-6,9H2,1-3H3,(H,19,20)/t10-/m0/s1. The van der Waals surface area contributed by atoms with Crippen LogP contribution in [0, 0.1) is 5.92 Å². The largest absolute Gasteiger partial charge is 0.496 e. The van der Waals surface area contributed by atoms with Crippen molar-refractivity contribution >= 4 is 11.9 Å². The van der Waals surface area contributed by atoms with Gasteiger partial charge in [0.1, 0.15) is 5.75 Å². The normalized spacial score (nSPS) is 17.5. The lowest BCUT2D eigenvalue weighted by Crippen LogP contribution is -2.42. The molecule has 7 heteroatoms. The molecule has 0 aromatic heterocycles. The Morgan fingerprint density at radius 2 is 1.70 bits per heavy atom. The monoisotopic (exact) mass is 323 g/mol. The Morgan fingerprint density at radius 3 is 2.26 bits per heavy atom. The van der Waals surface area contributed by atoms with E-state index in [1.54, 1.807) is 17.0 Å². The van der Waals surface area contributed by atoms with Crippen LogP contribution in [0.25, 0.3) is 0 Å². The summed E-state index contributed by atoms with van der Waals surface area (Å²) < 4.78 is 15.7. The van der Waals surface area contributed by atoms with Gasteiger partial charge in [-0.05, 0) is 12.8 Å². The van der Waals surface area contributed by atoms with Crippen LogP contribution in [-0.2, 0) is 4.79 Å². The van der Waals surface area contributed by atoms with E-state index in [0.717, 1.165) is 0 Å². The smallest absolute Gasteiger partial charge is 0.308 e. The molecule has 1 heterocycles. The fourth-order valence-corrected chi connectivity index (χ4v) is 2.73. The summed E-state index contributed by atoms with van der Waals surface area (Å²) in [5.41, 5.74) is 0.330. The summed E-state index contributed by atoms with van der Waals surface area (Å²) in [5.74, 6) is -0.425. The number of aliphatic carboxylic acids is 1. The molecule has 1 aromatic rings. The van der Waals surface area contributed by atoms with Gasteiger partial charge in [-0.25, -0.2) is 0 Å². The lowest BCUT2D eigenvalue weighted by molar-refractivity contribution is -0.143. The van der Waals surface area contributed by atoms with Crippen molar-refractivity contribution in [2.45, 2.75) is 12.8 Å². The highest BCUT2D eigenvalue weighted by atomic mass is 16.5. The fourth-order valence-electron chi connectivity index (χ4n) is 2.73. The van der Waals surface area contributed by atoms with Crippen LogP contribution < -0.4 is 14.2 Å². The second kappa shape index (κ2) is 7.21. The molecule has 1 aromatic carbocycles. The molecule has 1 aliphatic rings. The molecule has 1 fully saturated rings. The van der Waals surface area contributed by atoms with Gasteiger partial charge in [0.25, 0.3) is 5.91 Å². The van der Waals surface area contributed by atoms with E-state index in [9.17, 15) is 9.59 Å². The predicted octanol–water partition coefficient (Wildman–Crippen LogP) is 1.65. The third kappa shape index (κ3) is 3.49.